The van der Waals surface area contributed by atoms with Crippen molar-refractivity contribution in [2.75, 3.05) is 31.1 Å². The zero-order valence-corrected chi connectivity index (χ0v) is 9.39. The zero-order valence-electron chi connectivity index (χ0n) is 9.39. The van der Waals surface area contributed by atoms with Crippen LogP contribution in [0.15, 0.2) is 17.2 Å². The third-order valence-electron chi connectivity index (χ3n) is 2.96. The molecule has 90 valence electrons. The molecule has 0 aliphatic carbocycles. The summed E-state index contributed by atoms with van der Waals surface area (Å²) in [6, 6.07) is 1.84. The first-order chi connectivity index (χ1) is 8.34. The fourth-order valence-corrected chi connectivity index (χ4v) is 2.05. The van der Waals surface area contributed by atoms with E-state index in [-0.39, 0.29) is 5.69 Å². The van der Waals surface area contributed by atoms with E-state index >= 15 is 0 Å². The molecule has 0 spiro atoms. The minimum absolute atomic E-state index is 0.253. The van der Waals surface area contributed by atoms with Crippen LogP contribution in [0.2, 0.25) is 0 Å². The number of aromatic nitrogens is 4. The van der Waals surface area contributed by atoms with Gasteiger partial charge in [0.05, 0.1) is 0 Å². The first kappa shape index (κ1) is 10.3. The van der Waals surface area contributed by atoms with Gasteiger partial charge in [-0.3, -0.25) is 0 Å². The molecule has 0 saturated carbocycles. The second-order valence-electron chi connectivity index (χ2n) is 4.09. The van der Waals surface area contributed by atoms with Crippen molar-refractivity contribution in [1.82, 2.24) is 24.9 Å². The molecule has 0 atom stereocenters. The molecule has 3 rings (SSSR count). The molecule has 1 aliphatic heterocycles. The Balaban J connectivity index is 1.96. The second kappa shape index (κ2) is 4.17. The highest BCUT2D eigenvalue weighted by Gasteiger charge is 2.12. The standard InChI is InChI=1S/C10H14N6O/c17-10-14-13-9-6-8(12-7-16(9)10)15-4-1-2-11-3-5-15/h6-7,11H,1-5H2,(H,14,17). The van der Waals surface area contributed by atoms with Crippen LogP contribution in [-0.2, 0) is 0 Å². The van der Waals surface area contributed by atoms with Gasteiger partial charge in [-0.15, -0.1) is 0 Å². The number of nitrogens with zero attached hydrogens (tertiary/aromatic N) is 4. The van der Waals surface area contributed by atoms with Gasteiger partial charge in [0.25, 0.3) is 0 Å². The van der Waals surface area contributed by atoms with Gasteiger partial charge in [-0.25, -0.2) is 19.3 Å². The van der Waals surface area contributed by atoms with Gasteiger partial charge >= 0.3 is 5.69 Å². The van der Waals surface area contributed by atoms with Crippen LogP contribution in [0.1, 0.15) is 6.42 Å². The molecule has 1 saturated heterocycles. The summed E-state index contributed by atoms with van der Waals surface area (Å²) in [5, 5.41) is 9.69. The van der Waals surface area contributed by atoms with Crippen LogP contribution in [0.25, 0.3) is 5.65 Å². The van der Waals surface area contributed by atoms with Crippen molar-refractivity contribution in [3.8, 4) is 0 Å². The summed E-state index contributed by atoms with van der Waals surface area (Å²) in [6.45, 7) is 3.91. The van der Waals surface area contributed by atoms with Gasteiger partial charge < -0.3 is 10.2 Å². The topological polar surface area (TPSA) is 78.3 Å². The van der Waals surface area contributed by atoms with Crippen LogP contribution < -0.4 is 15.9 Å². The van der Waals surface area contributed by atoms with Gasteiger partial charge in [0.2, 0.25) is 0 Å². The highest BCUT2D eigenvalue weighted by Crippen LogP contribution is 2.12. The van der Waals surface area contributed by atoms with Crippen molar-refractivity contribution in [1.29, 1.82) is 0 Å². The van der Waals surface area contributed by atoms with E-state index in [4.69, 9.17) is 0 Å². The van der Waals surface area contributed by atoms with Gasteiger partial charge in [-0.2, -0.15) is 5.10 Å². The Kier molecular flexibility index (Phi) is 2.52. The zero-order chi connectivity index (χ0) is 11.7. The first-order valence-corrected chi connectivity index (χ1v) is 5.73. The Morgan fingerprint density at radius 3 is 3.18 bits per heavy atom. The van der Waals surface area contributed by atoms with E-state index in [1.165, 1.54) is 10.7 Å². The van der Waals surface area contributed by atoms with Gasteiger partial charge in [0.15, 0.2) is 5.65 Å². The Morgan fingerprint density at radius 2 is 2.24 bits per heavy atom. The minimum Gasteiger partial charge on any atom is -0.355 e. The maximum absolute atomic E-state index is 11.3. The summed E-state index contributed by atoms with van der Waals surface area (Å²) in [7, 11) is 0. The molecule has 0 aromatic carbocycles. The van der Waals surface area contributed by atoms with E-state index in [0.29, 0.717) is 5.65 Å². The number of anilines is 1. The Hall–Kier alpha value is -1.89. The molecule has 1 fully saturated rings. The number of nitrogens with one attached hydrogen (secondary N) is 2. The summed E-state index contributed by atoms with van der Waals surface area (Å²) < 4.78 is 1.40. The van der Waals surface area contributed by atoms with Gasteiger partial charge in [0, 0.05) is 25.7 Å². The summed E-state index contributed by atoms with van der Waals surface area (Å²) in [6.07, 6.45) is 2.62. The summed E-state index contributed by atoms with van der Waals surface area (Å²) in [5.74, 6) is 0.875. The Labute approximate surface area is 97.5 Å². The monoisotopic (exact) mass is 234 g/mol. The molecule has 3 heterocycles. The molecule has 2 aromatic rings. The third-order valence-corrected chi connectivity index (χ3v) is 2.96. The number of fused-ring (bicyclic) bond motifs is 1. The largest absolute Gasteiger partial charge is 0.355 e. The molecule has 2 aromatic heterocycles. The summed E-state index contributed by atoms with van der Waals surface area (Å²) in [4.78, 5) is 17.8. The number of aromatic amines is 1. The van der Waals surface area contributed by atoms with E-state index in [1.807, 2.05) is 6.07 Å². The molecule has 0 amide bonds. The van der Waals surface area contributed by atoms with Crippen LogP contribution in [0.3, 0.4) is 0 Å². The molecule has 0 unspecified atom stereocenters. The van der Waals surface area contributed by atoms with Gasteiger partial charge in [-0.05, 0) is 13.0 Å². The van der Waals surface area contributed by atoms with Gasteiger partial charge in [0.1, 0.15) is 12.1 Å². The Bertz CT molecular complexity index is 565. The lowest BCUT2D eigenvalue weighted by molar-refractivity contribution is 0.724. The molecular weight excluding hydrogens is 220 g/mol. The third kappa shape index (κ3) is 1.89. The highest BCUT2D eigenvalue weighted by atomic mass is 16.1. The Morgan fingerprint density at radius 1 is 1.29 bits per heavy atom. The number of rotatable bonds is 1. The van der Waals surface area contributed by atoms with Crippen LogP contribution in [0.4, 0.5) is 5.82 Å². The second-order valence-corrected chi connectivity index (χ2v) is 4.09. The SMILES string of the molecule is O=c1[nH]nc2cc(N3CCCNCC3)ncn12. The number of H-pyrrole nitrogens is 1. The highest BCUT2D eigenvalue weighted by molar-refractivity contribution is 5.50. The van der Waals surface area contributed by atoms with Crippen LogP contribution >= 0.6 is 0 Å². The molecule has 1 aliphatic rings. The van der Waals surface area contributed by atoms with Crippen molar-refractivity contribution < 1.29 is 0 Å². The van der Waals surface area contributed by atoms with Crippen LogP contribution in [-0.4, -0.2) is 45.8 Å². The van der Waals surface area contributed by atoms with E-state index in [9.17, 15) is 4.79 Å². The number of hydrogen-bond acceptors (Lipinski definition) is 5. The van der Waals surface area contributed by atoms with Crippen LogP contribution in [0.5, 0.6) is 0 Å². The molecule has 7 heteroatoms. The van der Waals surface area contributed by atoms with E-state index in [1.54, 1.807) is 0 Å². The van der Waals surface area contributed by atoms with E-state index < -0.39 is 0 Å². The van der Waals surface area contributed by atoms with E-state index in [0.717, 1.165) is 38.4 Å². The molecule has 0 bridgehead atoms. The van der Waals surface area contributed by atoms with Crippen molar-refractivity contribution >= 4 is 11.5 Å². The maximum Gasteiger partial charge on any atom is 0.348 e. The minimum atomic E-state index is -0.253. The first-order valence-electron chi connectivity index (χ1n) is 5.73. The van der Waals surface area contributed by atoms with E-state index in [2.05, 4.69) is 25.4 Å². The fourth-order valence-electron chi connectivity index (χ4n) is 2.05. The summed E-state index contributed by atoms with van der Waals surface area (Å²) in [5.41, 5.74) is 0.355. The lowest BCUT2D eigenvalue weighted by Crippen LogP contribution is -2.28. The summed E-state index contributed by atoms with van der Waals surface area (Å²) >= 11 is 0. The lowest BCUT2D eigenvalue weighted by Gasteiger charge is -2.20. The van der Waals surface area contributed by atoms with Gasteiger partial charge in [-0.1, -0.05) is 0 Å². The van der Waals surface area contributed by atoms with Crippen molar-refractivity contribution in [3.05, 3.63) is 22.9 Å². The normalized spacial score (nSPS) is 17.3. The molecule has 7 nitrogen and oxygen atoms in total. The number of hydrogen-bond donors (Lipinski definition) is 2. The quantitative estimate of drug-likeness (QED) is 0.676. The average Bonchev–Trinajstić information content (AvgIpc) is 2.58. The predicted octanol–water partition coefficient (Wildman–Crippen LogP) is -0.783. The fraction of sp³-hybridized carbons (Fsp3) is 0.500. The average molecular weight is 234 g/mol. The van der Waals surface area contributed by atoms with Crippen molar-refractivity contribution in [2.24, 2.45) is 0 Å². The smallest absolute Gasteiger partial charge is 0.348 e. The maximum atomic E-state index is 11.3. The molecule has 0 radical (unpaired) electrons. The van der Waals surface area contributed by atoms with Crippen molar-refractivity contribution in [2.45, 2.75) is 6.42 Å². The van der Waals surface area contributed by atoms with Crippen molar-refractivity contribution in [3.63, 3.8) is 0 Å². The molecule has 2 N–H and O–H groups in total. The van der Waals surface area contributed by atoms with Crippen LogP contribution in [0, 0.1) is 0 Å². The molecular formula is C10H14N6O. The molecule has 17 heavy (non-hydrogen) atoms. The predicted molar refractivity (Wildman–Crippen MR) is 63.3 cm³/mol. The lowest BCUT2D eigenvalue weighted by atomic mass is 10.4.